The van der Waals surface area contributed by atoms with Crippen molar-refractivity contribution >= 4 is 11.6 Å². The number of nitrogens with two attached hydrogens (primary N) is 1. The molecule has 2 aromatic rings. The van der Waals surface area contributed by atoms with Crippen LogP contribution >= 0.6 is 0 Å². The molecule has 2 aromatic carbocycles. The SMILES string of the molecule is NC(=O)C(Nc1ccccc1F)c1ccc(O)c(F)c1. The van der Waals surface area contributed by atoms with E-state index < -0.39 is 29.3 Å². The number of primary amides is 1. The number of carbonyl (C=O) groups is 1. The summed E-state index contributed by atoms with van der Waals surface area (Å²) in [6.45, 7) is 0. The van der Waals surface area contributed by atoms with Crippen LogP contribution in [0.3, 0.4) is 0 Å². The highest BCUT2D eigenvalue weighted by atomic mass is 19.1. The van der Waals surface area contributed by atoms with Crippen molar-refractivity contribution in [2.75, 3.05) is 5.32 Å². The van der Waals surface area contributed by atoms with Gasteiger partial charge in [-0.3, -0.25) is 4.79 Å². The topological polar surface area (TPSA) is 75.4 Å². The average Bonchev–Trinajstić information content (AvgIpc) is 2.41. The first-order valence-corrected chi connectivity index (χ1v) is 5.78. The Kier molecular flexibility index (Phi) is 3.84. The van der Waals surface area contributed by atoms with Crippen molar-refractivity contribution in [1.82, 2.24) is 0 Å². The zero-order valence-electron chi connectivity index (χ0n) is 10.3. The number of halogens is 2. The number of anilines is 1. The predicted octanol–water partition coefficient (Wildman–Crippen LogP) is 2.31. The maximum atomic E-state index is 13.5. The zero-order chi connectivity index (χ0) is 14.7. The molecular weight excluding hydrogens is 266 g/mol. The van der Waals surface area contributed by atoms with E-state index in [9.17, 15) is 13.6 Å². The number of para-hydroxylation sites is 1. The summed E-state index contributed by atoms with van der Waals surface area (Å²) >= 11 is 0. The minimum absolute atomic E-state index is 0.0739. The molecule has 0 aliphatic heterocycles. The number of phenolic OH excluding ortho intramolecular Hbond substituents is 1. The Bertz CT molecular complexity index is 647. The molecule has 0 fully saturated rings. The molecular formula is C14H12F2N2O2. The number of nitrogens with one attached hydrogen (secondary N) is 1. The van der Waals surface area contributed by atoms with Crippen LogP contribution in [0.5, 0.6) is 5.75 Å². The fraction of sp³-hybridized carbons (Fsp3) is 0.0714. The van der Waals surface area contributed by atoms with Crippen molar-refractivity contribution < 1.29 is 18.7 Å². The van der Waals surface area contributed by atoms with Crippen molar-refractivity contribution in [1.29, 1.82) is 0 Å². The third kappa shape index (κ3) is 2.85. The van der Waals surface area contributed by atoms with Crippen LogP contribution in [0.15, 0.2) is 42.5 Å². The summed E-state index contributed by atoms with van der Waals surface area (Å²) in [5, 5.41) is 11.7. The smallest absolute Gasteiger partial charge is 0.244 e. The quantitative estimate of drug-likeness (QED) is 0.803. The van der Waals surface area contributed by atoms with Gasteiger partial charge in [-0.1, -0.05) is 18.2 Å². The van der Waals surface area contributed by atoms with Crippen molar-refractivity contribution in [3.63, 3.8) is 0 Å². The number of aromatic hydroxyl groups is 1. The molecule has 4 N–H and O–H groups in total. The van der Waals surface area contributed by atoms with E-state index in [0.717, 1.165) is 12.1 Å². The van der Waals surface area contributed by atoms with Crippen LogP contribution in [0.1, 0.15) is 11.6 Å². The Morgan fingerprint density at radius 2 is 1.85 bits per heavy atom. The van der Waals surface area contributed by atoms with Gasteiger partial charge in [0.25, 0.3) is 0 Å². The van der Waals surface area contributed by atoms with E-state index in [4.69, 9.17) is 10.8 Å². The van der Waals surface area contributed by atoms with Crippen LogP contribution in [-0.2, 0) is 4.79 Å². The average molecular weight is 278 g/mol. The van der Waals surface area contributed by atoms with E-state index in [-0.39, 0.29) is 11.3 Å². The summed E-state index contributed by atoms with van der Waals surface area (Å²) in [4.78, 5) is 11.5. The van der Waals surface area contributed by atoms with E-state index in [0.29, 0.717) is 0 Å². The Morgan fingerprint density at radius 3 is 2.45 bits per heavy atom. The highest BCUT2D eigenvalue weighted by Crippen LogP contribution is 2.25. The molecule has 0 heterocycles. The normalized spacial score (nSPS) is 11.9. The molecule has 1 unspecified atom stereocenters. The number of amides is 1. The van der Waals surface area contributed by atoms with Gasteiger partial charge in [0.05, 0.1) is 5.69 Å². The fourth-order valence-electron chi connectivity index (χ4n) is 1.76. The van der Waals surface area contributed by atoms with Crippen LogP contribution in [0.2, 0.25) is 0 Å². The second-order valence-electron chi connectivity index (χ2n) is 4.17. The highest BCUT2D eigenvalue weighted by Gasteiger charge is 2.20. The fourth-order valence-corrected chi connectivity index (χ4v) is 1.76. The van der Waals surface area contributed by atoms with Gasteiger partial charge in [0.2, 0.25) is 5.91 Å². The van der Waals surface area contributed by atoms with Crippen LogP contribution < -0.4 is 11.1 Å². The van der Waals surface area contributed by atoms with Crippen molar-refractivity contribution in [2.45, 2.75) is 6.04 Å². The molecule has 0 aliphatic rings. The van der Waals surface area contributed by atoms with Gasteiger partial charge >= 0.3 is 0 Å². The summed E-state index contributed by atoms with van der Waals surface area (Å²) in [6, 6.07) is 8.03. The molecule has 0 radical (unpaired) electrons. The molecule has 4 nitrogen and oxygen atoms in total. The lowest BCUT2D eigenvalue weighted by atomic mass is 10.1. The summed E-state index contributed by atoms with van der Waals surface area (Å²) in [6.07, 6.45) is 0. The zero-order valence-corrected chi connectivity index (χ0v) is 10.3. The maximum absolute atomic E-state index is 13.5. The second-order valence-corrected chi connectivity index (χ2v) is 4.17. The molecule has 1 amide bonds. The minimum atomic E-state index is -1.11. The van der Waals surface area contributed by atoms with E-state index in [1.807, 2.05) is 0 Å². The molecule has 0 bridgehead atoms. The molecule has 0 aromatic heterocycles. The Hall–Kier alpha value is -2.63. The van der Waals surface area contributed by atoms with Gasteiger partial charge in [-0.15, -0.1) is 0 Å². The third-order valence-corrected chi connectivity index (χ3v) is 2.76. The molecule has 0 saturated heterocycles. The lowest BCUT2D eigenvalue weighted by Crippen LogP contribution is -2.28. The predicted molar refractivity (Wildman–Crippen MR) is 70.0 cm³/mol. The van der Waals surface area contributed by atoms with Crippen LogP contribution in [0.25, 0.3) is 0 Å². The Balaban J connectivity index is 2.34. The van der Waals surface area contributed by atoms with Crippen LogP contribution in [-0.4, -0.2) is 11.0 Å². The standard InChI is InChI=1S/C14H12F2N2O2/c15-9-3-1-2-4-11(9)18-13(14(17)20)8-5-6-12(19)10(16)7-8/h1-7,13,18-19H,(H2,17,20). The van der Waals surface area contributed by atoms with Crippen molar-refractivity contribution in [2.24, 2.45) is 5.73 Å². The number of hydrogen-bond donors (Lipinski definition) is 3. The molecule has 104 valence electrons. The summed E-state index contributed by atoms with van der Waals surface area (Å²) < 4.78 is 26.9. The number of phenols is 1. The molecule has 0 spiro atoms. The van der Waals surface area contributed by atoms with Gasteiger partial charge in [0.15, 0.2) is 11.6 Å². The van der Waals surface area contributed by atoms with Gasteiger partial charge in [-0.25, -0.2) is 8.78 Å². The first kappa shape index (κ1) is 13.8. The lowest BCUT2D eigenvalue weighted by Gasteiger charge is -2.17. The minimum Gasteiger partial charge on any atom is -0.505 e. The van der Waals surface area contributed by atoms with E-state index in [1.165, 1.54) is 24.3 Å². The number of rotatable bonds is 4. The summed E-state index contributed by atoms with van der Waals surface area (Å²) in [7, 11) is 0. The summed E-state index contributed by atoms with van der Waals surface area (Å²) in [5.41, 5.74) is 5.51. The molecule has 2 rings (SSSR count). The van der Waals surface area contributed by atoms with E-state index in [1.54, 1.807) is 6.07 Å². The first-order chi connectivity index (χ1) is 9.49. The molecule has 0 saturated carbocycles. The van der Waals surface area contributed by atoms with Gasteiger partial charge in [-0.05, 0) is 29.8 Å². The largest absolute Gasteiger partial charge is 0.505 e. The van der Waals surface area contributed by atoms with Gasteiger partial charge in [-0.2, -0.15) is 0 Å². The molecule has 20 heavy (non-hydrogen) atoms. The Labute approximate surface area is 113 Å². The third-order valence-electron chi connectivity index (χ3n) is 2.76. The number of carbonyl (C=O) groups excluding carboxylic acids is 1. The van der Waals surface area contributed by atoms with Gasteiger partial charge in [0.1, 0.15) is 11.9 Å². The van der Waals surface area contributed by atoms with Crippen LogP contribution in [0, 0.1) is 11.6 Å². The highest BCUT2D eigenvalue weighted by molar-refractivity contribution is 5.84. The van der Waals surface area contributed by atoms with Crippen molar-refractivity contribution in [3.05, 3.63) is 59.7 Å². The molecule has 1 atom stereocenters. The first-order valence-electron chi connectivity index (χ1n) is 5.78. The number of benzene rings is 2. The second kappa shape index (κ2) is 5.56. The lowest BCUT2D eigenvalue weighted by molar-refractivity contribution is -0.118. The van der Waals surface area contributed by atoms with E-state index >= 15 is 0 Å². The van der Waals surface area contributed by atoms with E-state index in [2.05, 4.69) is 5.32 Å². The molecule has 6 heteroatoms. The monoisotopic (exact) mass is 278 g/mol. The number of hydrogen-bond acceptors (Lipinski definition) is 3. The maximum Gasteiger partial charge on any atom is 0.244 e. The van der Waals surface area contributed by atoms with Gasteiger partial charge < -0.3 is 16.2 Å². The molecule has 0 aliphatic carbocycles. The Morgan fingerprint density at radius 1 is 1.15 bits per heavy atom. The van der Waals surface area contributed by atoms with Crippen molar-refractivity contribution in [3.8, 4) is 5.75 Å². The van der Waals surface area contributed by atoms with Gasteiger partial charge in [0, 0.05) is 0 Å². The summed E-state index contributed by atoms with van der Waals surface area (Å²) in [5.74, 6) is -2.77. The van der Waals surface area contributed by atoms with Crippen LogP contribution in [0.4, 0.5) is 14.5 Å².